The molecule has 7 nitrogen and oxygen atoms in total. The van der Waals surface area contributed by atoms with Crippen molar-refractivity contribution in [2.75, 3.05) is 26.9 Å². The first-order valence-corrected chi connectivity index (χ1v) is 9.60. The summed E-state index contributed by atoms with van der Waals surface area (Å²) in [5.41, 5.74) is 1.19. The van der Waals surface area contributed by atoms with Crippen molar-refractivity contribution in [3.63, 3.8) is 0 Å². The molecule has 0 bridgehead atoms. The molecule has 1 N–H and O–H groups in total. The summed E-state index contributed by atoms with van der Waals surface area (Å²) < 4.78 is 10.5. The van der Waals surface area contributed by atoms with Crippen molar-refractivity contribution < 1.29 is 24.2 Å². The van der Waals surface area contributed by atoms with E-state index in [2.05, 4.69) is 11.6 Å². The van der Waals surface area contributed by atoms with E-state index in [0.717, 1.165) is 0 Å². The van der Waals surface area contributed by atoms with E-state index in [4.69, 9.17) is 9.47 Å². The van der Waals surface area contributed by atoms with Gasteiger partial charge in [0, 0.05) is 38.2 Å². The fourth-order valence-corrected chi connectivity index (χ4v) is 3.40. The summed E-state index contributed by atoms with van der Waals surface area (Å²) in [6, 6.07) is 9.45. The highest BCUT2D eigenvalue weighted by atomic mass is 16.5. The predicted octanol–water partition coefficient (Wildman–Crippen LogP) is 3.10. The van der Waals surface area contributed by atoms with Crippen LogP contribution in [0, 0.1) is 0 Å². The number of aliphatic hydroxyl groups excluding tert-OH is 1. The molecule has 1 atom stereocenters. The Bertz CT molecular complexity index is 938. The minimum atomic E-state index is -0.710. The van der Waals surface area contributed by atoms with E-state index in [1.54, 1.807) is 62.0 Å². The number of aliphatic hydroxyl groups is 1. The molecule has 0 saturated carbocycles. The van der Waals surface area contributed by atoms with Gasteiger partial charge in [-0.25, -0.2) is 0 Å². The monoisotopic (exact) mass is 408 g/mol. The number of hydrogen-bond acceptors (Lipinski definition) is 6. The lowest BCUT2D eigenvalue weighted by molar-refractivity contribution is -0.140. The van der Waals surface area contributed by atoms with Crippen molar-refractivity contribution in [3.05, 3.63) is 78.1 Å². The first-order chi connectivity index (χ1) is 14.6. The van der Waals surface area contributed by atoms with Crippen molar-refractivity contribution in [3.8, 4) is 5.75 Å². The van der Waals surface area contributed by atoms with Crippen LogP contribution in [0.15, 0.2) is 67.0 Å². The van der Waals surface area contributed by atoms with Gasteiger partial charge in [-0.2, -0.15) is 0 Å². The molecule has 156 valence electrons. The molecule has 1 amide bonds. The van der Waals surface area contributed by atoms with Crippen LogP contribution in [0.4, 0.5) is 0 Å². The normalized spacial score (nSPS) is 17.9. The summed E-state index contributed by atoms with van der Waals surface area (Å²) >= 11 is 0. The molecule has 2 aromatic rings. The van der Waals surface area contributed by atoms with Crippen LogP contribution in [0.3, 0.4) is 0 Å². The van der Waals surface area contributed by atoms with Gasteiger partial charge in [0.25, 0.3) is 11.7 Å². The van der Waals surface area contributed by atoms with Crippen molar-refractivity contribution in [2.24, 2.45) is 0 Å². The van der Waals surface area contributed by atoms with Crippen molar-refractivity contribution >= 4 is 17.4 Å². The van der Waals surface area contributed by atoms with Gasteiger partial charge in [-0.15, -0.1) is 0 Å². The van der Waals surface area contributed by atoms with Gasteiger partial charge in [-0.05, 0) is 48.4 Å². The molecular weight excluding hydrogens is 384 g/mol. The topological polar surface area (TPSA) is 89.0 Å². The minimum absolute atomic E-state index is 0.0587. The molecule has 30 heavy (non-hydrogen) atoms. The number of Topliss-reactive ketones (excluding diaryl/α,β-unsaturated/α-hetero) is 1. The first-order valence-electron chi connectivity index (χ1n) is 9.60. The zero-order valence-electron chi connectivity index (χ0n) is 16.8. The molecule has 0 radical (unpaired) electrons. The standard InChI is InChI=1S/C23H24N2O5/c1-3-14-30-18-7-5-17(6-8-18)21(26)19-20(16-9-11-24-12-10-16)25(13-4-15-29-2)23(28)22(19)27/h3,5-12,20,26H,1,4,13-15H2,2H3/b21-19-. The Morgan fingerprint density at radius 3 is 2.53 bits per heavy atom. The van der Waals surface area contributed by atoms with Crippen LogP contribution in [0.5, 0.6) is 5.75 Å². The molecule has 1 aromatic carbocycles. The third-order valence-electron chi connectivity index (χ3n) is 4.80. The Balaban J connectivity index is 2.01. The number of carbonyl (C=O) groups excluding carboxylic acids is 2. The molecule has 7 heteroatoms. The van der Waals surface area contributed by atoms with E-state index in [9.17, 15) is 14.7 Å². The fourth-order valence-electron chi connectivity index (χ4n) is 3.40. The van der Waals surface area contributed by atoms with Gasteiger partial charge in [-0.3, -0.25) is 14.6 Å². The third-order valence-corrected chi connectivity index (χ3v) is 4.80. The maximum atomic E-state index is 12.9. The lowest BCUT2D eigenvalue weighted by Crippen LogP contribution is -2.31. The van der Waals surface area contributed by atoms with Gasteiger partial charge in [0.05, 0.1) is 11.6 Å². The van der Waals surface area contributed by atoms with E-state index in [0.29, 0.717) is 43.1 Å². The molecule has 1 unspecified atom stereocenters. The molecule has 0 spiro atoms. The molecule has 1 fully saturated rings. The second-order valence-corrected chi connectivity index (χ2v) is 6.74. The van der Waals surface area contributed by atoms with Gasteiger partial charge in [0.2, 0.25) is 0 Å². The number of ether oxygens (including phenoxy) is 2. The van der Waals surface area contributed by atoms with E-state index in [-0.39, 0.29) is 11.3 Å². The van der Waals surface area contributed by atoms with Crippen LogP contribution in [0.2, 0.25) is 0 Å². The number of hydrogen-bond donors (Lipinski definition) is 1. The summed E-state index contributed by atoms with van der Waals surface area (Å²) in [5, 5.41) is 11.0. The number of nitrogens with zero attached hydrogens (tertiary/aromatic N) is 2. The zero-order chi connectivity index (χ0) is 21.5. The fraction of sp³-hybridized carbons (Fsp3) is 0.261. The SMILES string of the molecule is C=CCOc1ccc(/C(O)=C2/C(=O)C(=O)N(CCCOC)C2c2ccncc2)cc1. The Hall–Kier alpha value is -3.45. The maximum absolute atomic E-state index is 12.9. The summed E-state index contributed by atoms with van der Waals surface area (Å²) in [6.45, 7) is 4.75. The van der Waals surface area contributed by atoms with Crippen LogP contribution in [0.1, 0.15) is 23.6 Å². The third kappa shape index (κ3) is 4.41. The molecule has 1 aliphatic heterocycles. The smallest absolute Gasteiger partial charge is 0.295 e. The first kappa shape index (κ1) is 21.3. The van der Waals surface area contributed by atoms with Crippen molar-refractivity contribution in [2.45, 2.75) is 12.5 Å². The number of rotatable bonds is 9. The van der Waals surface area contributed by atoms with Gasteiger partial charge >= 0.3 is 0 Å². The summed E-state index contributed by atoms with van der Waals surface area (Å²) in [6.07, 6.45) is 5.39. The number of pyridine rings is 1. The lowest BCUT2D eigenvalue weighted by Gasteiger charge is -2.25. The number of amides is 1. The Morgan fingerprint density at radius 1 is 1.20 bits per heavy atom. The average Bonchev–Trinajstić information content (AvgIpc) is 3.03. The lowest BCUT2D eigenvalue weighted by atomic mass is 9.96. The Morgan fingerprint density at radius 2 is 1.90 bits per heavy atom. The Labute approximate surface area is 175 Å². The second kappa shape index (κ2) is 9.84. The number of aromatic nitrogens is 1. The highest BCUT2D eigenvalue weighted by molar-refractivity contribution is 6.46. The highest BCUT2D eigenvalue weighted by Gasteiger charge is 2.45. The van der Waals surface area contributed by atoms with Crippen molar-refractivity contribution in [1.82, 2.24) is 9.88 Å². The highest BCUT2D eigenvalue weighted by Crippen LogP contribution is 2.39. The second-order valence-electron chi connectivity index (χ2n) is 6.74. The molecule has 0 aliphatic carbocycles. The average molecular weight is 408 g/mol. The zero-order valence-corrected chi connectivity index (χ0v) is 16.8. The van der Waals surface area contributed by atoms with Gasteiger partial charge in [0.1, 0.15) is 18.1 Å². The number of carbonyl (C=O) groups is 2. The quantitative estimate of drug-likeness (QED) is 0.225. The molecule has 3 rings (SSSR count). The molecular formula is C23H24N2O5. The largest absolute Gasteiger partial charge is 0.507 e. The number of ketones is 1. The van der Waals surface area contributed by atoms with Crippen LogP contribution >= 0.6 is 0 Å². The maximum Gasteiger partial charge on any atom is 0.295 e. The van der Waals surface area contributed by atoms with Crippen LogP contribution < -0.4 is 4.74 Å². The van der Waals surface area contributed by atoms with Crippen LogP contribution in [-0.4, -0.2) is 53.5 Å². The van der Waals surface area contributed by atoms with Gasteiger partial charge < -0.3 is 19.5 Å². The van der Waals surface area contributed by atoms with E-state index < -0.39 is 17.7 Å². The number of benzene rings is 1. The summed E-state index contributed by atoms with van der Waals surface area (Å²) in [7, 11) is 1.58. The molecule has 1 saturated heterocycles. The minimum Gasteiger partial charge on any atom is -0.507 e. The van der Waals surface area contributed by atoms with Gasteiger partial charge in [0.15, 0.2) is 0 Å². The van der Waals surface area contributed by atoms with E-state index in [1.807, 2.05) is 0 Å². The Kier molecular flexibility index (Phi) is 6.98. The predicted molar refractivity (Wildman–Crippen MR) is 112 cm³/mol. The molecule has 1 aliphatic rings. The van der Waals surface area contributed by atoms with Crippen LogP contribution in [-0.2, 0) is 14.3 Å². The summed E-state index contributed by atoms with van der Waals surface area (Å²) in [4.78, 5) is 31.1. The van der Waals surface area contributed by atoms with Gasteiger partial charge in [-0.1, -0.05) is 12.7 Å². The van der Waals surface area contributed by atoms with Crippen LogP contribution in [0.25, 0.3) is 5.76 Å². The van der Waals surface area contributed by atoms with E-state index >= 15 is 0 Å². The summed E-state index contributed by atoms with van der Waals surface area (Å²) in [5.74, 6) is -0.962. The van der Waals surface area contributed by atoms with E-state index in [1.165, 1.54) is 4.90 Å². The number of likely N-dealkylation sites (tertiary alicyclic amines) is 1. The molecule has 1 aromatic heterocycles. The number of methoxy groups -OCH3 is 1. The van der Waals surface area contributed by atoms with Crippen molar-refractivity contribution in [1.29, 1.82) is 0 Å². The molecule has 2 heterocycles.